The predicted molar refractivity (Wildman–Crippen MR) is 74.9 cm³/mol. The molecule has 3 N–H and O–H groups in total. The summed E-state index contributed by atoms with van der Waals surface area (Å²) in [6, 6.07) is 19.3. The number of benzene rings is 2. The summed E-state index contributed by atoms with van der Waals surface area (Å²) < 4.78 is 0. The lowest BCUT2D eigenvalue weighted by atomic mass is 10.2. The smallest absolute Gasteiger partial charge is 0.326 e. The molecule has 2 amide bonds. The molecule has 19 heavy (non-hydrogen) atoms. The molecule has 0 atom stereocenters. The summed E-state index contributed by atoms with van der Waals surface area (Å²) in [7, 11) is 0. The number of carbonyl (C=O) groups excluding carboxylic acids is 1. The van der Waals surface area contributed by atoms with Crippen LogP contribution in [-0.4, -0.2) is 11.0 Å². The minimum Gasteiger partial charge on any atom is -0.351 e. The molecule has 0 aliphatic heterocycles. The van der Waals surface area contributed by atoms with E-state index < -0.39 is 6.03 Å². The van der Waals surface area contributed by atoms with Gasteiger partial charge in [0.15, 0.2) is 0 Å². The lowest BCUT2D eigenvalue weighted by molar-refractivity contribution is 0.170. The summed E-state index contributed by atoms with van der Waals surface area (Å²) in [6.45, 7) is 1.22. The number of nitrogens with zero attached hydrogens (tertiary/aromatic N) is 1. The second-order valence-corrected chi connectivity index (χ2v) is 4.30. The van der Waals surface area contributed by atoms with Crippen molar-refractivity contribution in [2.45, 2.75) is 13.1 Å². The van der Waals surface area contributed by atoms with Crippen LogP contribution >= 0.6 is 0 Å². The molecule has 2 rings (SSSR count). The zero-order valence-corrected chi connectivity index (χ0v) is 10.6. The van der Waals surface area contributed by atoms with E-state index in [1.165, 1.54) is 0 Å². The van der Waals surface area contributed by atoms with E-state index in [0.717, 1.165) is 11.1 Å². The third-order valence-corrected chi connectivity index (χ3v) is 2.70. The first-order chi connectivity index (χ1) is 9.24. The molecule has 4 nitrogen and oxygen atoms in total. The normalized spacial score (nSPS) is 10.4. The molecule has 2 aromatic carbocycles. The van der Waals surface area contributed by atoms with Crippen molar-refractivity contribution in [2.24, 2.45) is 5.73 Å². The Bertz CT molecular complexity index is 472. The molecule has 0 saturated heterocycles. The van der Waals surface area contributed by atoms with Gasteiger partial charge in [-0.3, -0.25) is 5.43 Å². The second kappa shape index (κ2) is 6.56. The van der Waals surface area contributed by atoms with Gasteiger partial charge < -0.3 is 5.73 Å². The SMILES string of the molecule is NC(=O)NN(Cc1ccccc1)Cc1ccccc1. The molecule has 4 heteroatoms. The van der Waals surface area contributed by atoms with E-state index in [4.69, 9.17) is 5.73 Å². The monoisotopic (exact) mass is 255 g/mol. The molecule has 0 fully saturated rings. The van der Waals surface area contributed by atoms with Crippen LogP contribution in [0.15, 0.2) is 60.7 Å². The van der Waals surface area contributed by atoms with E-state index in [1.807, 2.05) is 60.7 Å². The van der Waals surface area contributed by atoms with Gasteiger partial charge in [0.2, 0.25) is 0 Å². The van der Waals surface area contributed by atoms with Gasteiger partial charge in [-0.15, -0.1) is 0 Å². The Kier molecular flexibility index (Phi) is 4.53. The first kappa shape index (κ1) is 13.1. The van der Waals surface area contributed by atoms with Crippen LogP contribution in [0.1, 0.15) is 11.1 Å². The molecule has 2 aromatic rings. The van der Waals surface area contributed by atoms with E-state index in [-0.39, 0.29) is 0 Å². The van der Waals surface area contributed by atoms with Crippen molar-refractivity contribution < 1.29 is 4.79 Å². The average molecular weight is 255 g/mol. The number of rotatable bonds is 5. The highest BCUT2D eigenvalue weighted by Crippen LogP contribution is 2.07. The van der Waals surface area contributed by atoms with Crippen molar-refractivity contribution in [2.75, 3.05) is 0 Å². The Balaban J connectivity index is 2.06. The van der Waals surface area contributed by atoms with Crippen molar-refractivity contribution in [1.29, 1.82) is 0 Å². The van der Waals surface area contributed by atoms with Gasteiger partial charge in [0.1, 0.15) is 0 Å². The first-order valence-electron chi connectivity index (χ1n) is 6.13. The zero-order valence-electron chi connectivity index (χ0n) is 10.6. The Morgan fingerprint density at radius 3 is 1.68 bits per heavy atom. The number of urea groups is 1. The minimum atomic E-state index is -0.549. The average Bonchev–Trinajstić information content (AvgIpc) is 2.40. The fourth-order valence-electron chi connectivity index (χ4n) is 1.90. The van der Waals surface area contributed by atoms with E-state index in [2.05, 4.69) is 5.43 Å². The van der Waals surface area contributed by atoms with Crippen molar-refractivity contribution in [1.82, 2.24) is 10.4 Å². The standard InChI is InChI=1S/C15H17N3O/c16-15(19)17-18(11-13-7-3-1-4-8-13)12-14-9-5-2-6-10-14/h1-10H,11-12H2,(H3,16,17,19). The molecule has 0 saturated carbocycles. The van der Waals surface area contributed by atoms with Crippen molar-refractivity contribution in [3.63, 3.8) is 0 Å². The number of nitrogens with two attached hydrogens (primary N) is 1. The maximum atomic E-state index is 11.1. The van der Waals surface area contributed by atoms with Gasteiger partial charge in [-0.1, -0.05) is 60.7 Å². The molecule has 0 bridgehead atoms. The molecule has 0 heterocycles. The third kappa shape index (κ3) is 4.44. The molecule has 0 radical (unpaired) electrons. The quantitative estimate of drug-likeness (QED) is 0.805. The molecular formula is C15H17N3O. The topological polar surface area (TPSA) is 58.4 Å². The summed E-state index contributed by atoms with van der Waals surface area (Å²) in [5, 5.41) is 1.80. The molecular weight excluding hydrogens is 238 g/mol. The number of hydrazine groups is 1. The van der Waals surface area contributed by atoms with E-state index in [1.54, 1.807) is 5.01 Å². The minimum absolute atomic E-state index is 0.549. The first-order valence-corrected chi connectivity index (χ1v) is 6.13. The van der Waals surface area contributed by atoms with E-state index in [0.29, 0.717) is 13.1 Å². The number of hydrogen-bond acceptors (Lipinski definition) is 2. The highest BCUT2D eigenvalue weighted by atomic mass is 16.2. The highest BCUT2D eigenvalue weighted by Gasteiger charge is 2.08. The summed E-state index contributed by atoms with van der Waals surface area (Å²) in [6.07, 6.45) is 0. The van der Waals surface area contributed by atoms with Gasteiger partial charge in [0, 0.05) is 13.1 Å². The summed E-state index contributed by atoms with van der Waals surface area (Å²) in [5.74, 6) is 0. The van der Waals surface area contributed by atoms with Crippen LogP contribution in [0.25, 0.3) is 0 Å². The molecule has 0 aliphatic rings. The third-order valence-electron chi connectivity index (χ3n) is 2.70. The van der Waals surface area contributed by atoms with Gasteiger partial charge >= 0.3 is 6.03 Å². The predicted octanol–water partition coefficient (Wildman–Crippen LogP) is 2.27. The molecule has 0 aromatic heterocycles. The number of primary amides is 1. The van der Waals surface area contributed by atoms with Crippen molar-refractivity contribution in [3.8, 4) is 0 Å². The molecule has 0 unspecified atom stereocenters. The van der Waals surface area contributed by atoms with Gasteiger partial charge in [0.05, 0.1) is 0 Å². The van der Waals surface area contributed by atoms with Crippen LogP contribution in [0, 0.1) is 0 Å². The second-order valence-electron chi connectivity index (χ2n) is 4.30. The lowest BCUT2D eigenvalue weighted by Crippen LogP contribution is -2.44. The van der Waals surface area contributed by atoms with Gasteiger partial charge in [-0.05, 0) is 11.1 Å². The summed E-state index contributed by atoms with van der Waals surface area (Å²) in [4.78, 5) is 11.1. The molecule has 0 aliphatic carbocycles. The Labute approximate surface area is 112 Å². The fourth-order valence-corrected chi connectivity index (χ4v) is 1.90. The van der Waals surface area contributed by atoms with Gasteiger partial charge in [-0.2, -0.15) is 0 Å². The van der Waals surface area contributed by atoms with Crippen LogP contribution in [0.4, 0.5) is 4.79 Å². The summed E-state index contributed by atoms with van der Waals surface area (Å²) in [5.41, 5.74) is 10.1. The molecule has 98 valence electrons. The van der Waals surface area contributed by atoms with Crippen molar-refractivity contribution in [3.05, 3.63) is 71.8 Å². The Morgan fingerprint density at radius 1 is 0.895 bits per heavy atom. The highest BCUT2D eigenvalue weighted by molar-refractivity contribution is 5.70. The van der Waals surface area contributed by atoms with E-state index >= 15 is 0 Å². The molecule has 0 spiro atoms. The maximum Gasteiger partial charge on any atom is 0.326 e. The van der Waals surface area contributed by atoms with Crippen molar-refractivity contribution >= 4 is 6.03 Å². The van der Waals surface area contributed by atoms with Gasteiger partial charge in [-0.25, -0.2) is 9.80 Å². The Hall–Kier alpha value is -2.33. The Morgan fingerprint density at radius 2 is 1.32 bits per heavy atom. The number of carbonyl (C=O) groups is 1. The van der Waals surface area contributed by atoms with Crippen LogP contribution in [0.3, 0.4) is 0 Å². The largest absolute Gasteiger partial charge is 0.351 e. The fraction of sp³-hybridized carbons (Fsp3) is 0.133. The number of nitrogens with one attached hydrogen (secondary N) is 1. The maximum absolute atomic E-state index is 11.1. The van der Waals surface area contributed by atoms with Gasteiger partial charge in [0.25, 0.3) is 0 Å². The van der Waals surface area contributed by atoms with Crippen LogP contribution < -0.4 is 11.2 Å². The summed E-state index contributed by atoms with van der Waals surface area (Å²) >= 11 is 0. The van der Waals surface area contributed by atoms with Crippen LogP contribution in [0.2, 0.25) is 0 Å². The van der Waals surface area contributed by atoms with Crippen LogP contribution in [-0.2, 0) is 13.1 Å². The number of hydrogen-bond donors (Lipinski definition) is 2. The zero-order chi connectivity index (χ0) is 13.5. The lowest BCUT2D eigenvalue weighted by Gasteiger charge is -2.22. The van der Waals surface area contributed by atoms with Crippen LogP contribution in [0.5, 0.6) is 0 Å². The number of amides is 2. The van der Waals surface area contributed by atoms with E-state index in [9.17, 15) is 4.79 Å².